The predicted molar refractivity (Wildman–Crippen MR) is 129 cm³/mol. The number of carboxylic acid groups (broad SMARTS) is 1. The molecule has 0 amide bonds. The monoisotopic (exact) mass is 550 g/mol. The Labute approximate surface area is 215 Å². The number of ether oxygens (including phenoxy) is 1. The smallest absolute Gasteiger partial charge is 0.420 e. The van der Waals surface area contributed by atoms with Crippen molar-refractivity contribution in [3.8, 4) is 5.75 Å². The maximum absolute atomic E-state index is 14.1. The third kappa shape index (κ3) is 7.25. The third-order valence-electron chi connectivity index (χ3n) is 6.07. The van der Waals surface area contributed by atoms with Crippen LogP contribution in [-0.2, 0) is 11.0 Å². The van der Waals surface area contributed by atoms with Crippen molar-refractivity contribution in [1.82, 2.24) is 4.31 Å². The van der Waals surface area contributed by atoms with Crippen LogP contribution < -0.4 is 9.64 Å². The molecular weight excluding hydrogens is 522 g/mol. The summed E-state index contributed by atoms with van der Waals surface area (Å²) in [5.41, 5.74) is -1.89. The van der Waals surface area contributed by atoms with E-state index in [1.165, 1.54) is 44.2 Å². The average molecular weight is 551 g/mol. The Hall–Kier alpha value is -2.60. The van der Waals surface area contributed by atoms with Crippen LogP contribution in [0.1, 0.15) is 38.7 Å². The first-order chi connectivity index (χ1) is 17.2. The first kappa shape index (κ1) is 29.0. The van der Waals surface area contributed by atoms with Gasteiger partial charge in [-0.15, -0.1) is 0 Å². The van der Waals surface area contributed by atoms with Crippen LogP contribution in [0.4, 0.5) is 37.7 Å². The number of likely N-dealkylation sites (N-methyl/N-ethyl adjacent to an activating group) is 1. The lowest BCUT2D eigenvalue weighted by atomic mass is 9.95. The molecule has 2 aromatic carbocycles. The van der Waals surface area contributed by atoms with Crippen LogP contribution in [0.2, 0.25) is 0 Å². The van der Waals surface area contributed by atoms with E-state index in [1.807, 2.05) is 0 Å². The van der Waals surface area contributed by atoms with Gasteiger partial charge >= 0.3 is 12.1 Å². The van der Waals surface area contributed by atoms with Gasteiger partial charge in [-0.05, 0) is 82.1 Å². The van der Waals surface area contributed by atoms with Gasteiger partial charge < -0.3 is 14.7 Å². The predicted octanol–water partition coefficient (Wildman–Crippen LogP) is 7.23. The molecule has 37 heavy (non-hydrogen) atoms. The first-order valence-electron chi connectivity index (χ1n) is 11.5. The fourth-order valence-corrected chi connectivity index (χ4v) is 4.85. The van der Waals surface area contributed by atoms with E-state index >= 15 is 0 Å². The van der Waals surface area contributed by atoms with Crippen molar-refractivity contribution in [1.29, 1.82) is 0 Å². The van der Waals surface area contributed by atoms with Gasteiger partial charge in [-0.3, -0.25) is 4.79 Å². The first-order valence-corrected chi connectivity index (χ1v) is 12.3. The number of rotatable bonds is 9. The molecule has 2 aromatic rings. The fraction of sp³-hybridized carbons (Fsp3) is 0.480. The minimum absolute atomic E-state index is 0.176. The molecule has 1 unspecified atom stereocenters. The highest BCUT2D eigenvalue weighted by Crippen LogP contribution is 2.47. The summed E-state index contributed by atoms with van der Waals surface area (Å²) in [5, 5.41) is 9.33. The van der Waals surface area contributed by atoms with Gasteiger partial charge in [0.05, 0.1) is 21.6 Å². The number of carboxylic acids is 1. The lowest BCUT2D eigenvalue weighted by Crippen LogP contribution is -2.35. The number of alkyl halides is 5. The minimum Gasteiger partial charge on any atom is -0.492 e. The zero-order chi connectivity index (χ0) is 27.5. The summed E-state index contributed by atoms with van der Waals surface area (Å²) in [4.78, 5) is 13.4. The lowest BCUT2D eigenvalue weighted by Gasteiger charge is -2.30. The Bertz CT molecular complexity index is 1100. The molecule has 0 radical (unpaired) electrons. The van der Waals surface area contributed by atoms with Crippen molar-refractivity contribution in [2.24, 2.45) is 5.41 Å². The second-order valence-corrected chi connectivity index (χ2v) is 10.7. The van der Waals surface area contributed by atoms with E-state index < -0.39 is 47.7 Å². The summed E-state index contributed by atoms with van der Waals surface area (Å²) in [6, 6.07) is 7.11. The van der Waals surface area contributed by atoms with Crippen molar-refractivity contribution in [2.75, 3.05) is 25.1 Å². The summed E-state index contributed by atoms with van der Waals surface area (Å²) < 4.78 is 88.7. The number of fused-ring (bicyclic) bond motifs is 1. The van der Waals surface area contributed by atoms with E-state index in [4.69, 9.17) is 4.74 Å². The minimum atomic E-state index is -4.81. The summed E-state index contributed by atoms with van der Waals surface area (Å²) in [5.74, 6) is -2.25. The van der Waals surface area contributed by atoms with Crippen LogP contribution in [0, 0.1) is 11.2 Å². The molecule has 1 atom stereocenters. The zero-order valence-corrected chi connectivity index (χ0v) is 21.3. The number of hydrogen-bond donors (Lipinski definition) is 1. The molecule has 1 heterocycles. The topological polar surface area (TPSA) is 53.0 Å². The van der Waals surface area contributed by atoms with Gasteiger partial charge in [-0.25, -0.2) is 17.5 Å². The molecule has 0 spiro atoms. The molecule has 3 rings (SSSR count). The fourth-order valence-electron chi connectivity index (χ4n) is 3.79. The number of carbonyl (C=O) groups is 1. The molecule has 1 aliphatic heterocycles. The highest BCUT2D eigenvalue weighted by Gasteiger charge is 2.39. The molecule has 0 aliphatic carbocycles. The van der Waals surface area contributed by atoms with Gasteiger partial charge in [0, 0.05) is 24.7 Å². The molecule has 1 aliphatic rings. The van der Waals surface area contributed by atoms with Gasteiger partial charge in [-0.1, -0.05) is 0 Å². The normalized spacial score (nSPS) is 17.0. The molecular formula is C25H28F6N2O3S. The van der Waals surface area contributed by atoms with Crippen LogP contribution in [0.5, 0.6) is 5.75 Å². The van der Waals surface area contributed by atoms with Gasteiger partial charge in [0.2, 0.25) is 6.43 Å². The van der Waals surface area contributed by atoms with Gasteiger partial charge in [0.1, 0.15) is 18.2 Å². The van der Waals surface area contributed by atoms with Gasteiger partial charge in [0.25, 0.3) is 0 Å². The molecule has 204 valence electrons. The third-order valence-corrected chi connectivity index (χ3v) is 7.18. The molecule has 0 bridgehead atoms. The highest BCUT2D eigenvalue weighted by molar-refractivity contribution is 7.97. The Morgan fingerprint density at radius 3 is 2.41 bits per heavy atom. The Balaban J connectivity index is 2.08. The summed E-state index contributed by atoms with van der Waals surface area (Å²) in [6.07, 6.45) is -6.99. The Morgan fingerprint density at radius 1 is 1.19 bits per heavy atom. The van der Waals surface area contributed by atoms with Gasteiger partial charge in [0.15, 0.2) is 0 Å². The van der Waals surface area contributed by atoms with Crippen molar-refractivity contribution in [3.05, 3.63) is 47.8 Å². The van der Waals surface area contributed by atoms with E-state index in [1.54, 1.807) is 16.3 Å². The van der Waals surface area contributed by atoms with E-state index in [2.05, 4.69) is 0 Å². The van der Waals surface area contributed by atoms with Gasteiger partial charge in [-0.2, -0.15) is 13.2 Å². The molecule has 0 saturated carbocycles. The average Bonchev–Trinajstić information content (AvgIpc) is 2.92. The Kier molecular flexibility index (Phi) is 8.94. The molecule has 0 saturated heterocycles. The number of nitrogens with zero attached hydrogens (tertiary/aromatic N) is 2. The van der Waals surface area contributed by atoms with E-state index in [0.29, 0.717) is 17.0 Å². The molecule has 1 N–H and O–H groups in total. The van der Waals surface area contributed by atoms with Crippen molar-refractivity contribution in [3.63, 3.8) is 0 Å². The van der Waals surface area contributed by atoms with Crippen LogP contribution in [-0.4, -0.2) is 48.0 Å². The summed E-state index contributed by atoms with van der Waals surface area (Å²) >= 11 is 1.14. The lowest BCUT2D eigenvalue weighted by molar-refractivity contribution is -0.148. The highest BCUT2D eigenvalue weighted by atomic mass is 32.2. The molecule has 12 heteroatoms. The van der Waals surface area contributed by atoms with E-state index in [-0.39, 0.29) is 31.1 Å². The number of aliphatic carboxylic acids is 1. The van der Waals surface area contributed by atoms with Crippen LogP contribution in [0.15, 0.2) is 41.3 Å². The largest absolute Gasteiger partial charge is 0.492 e. The zero-order valence-electron chi connectivity index (χ0n) is 20.5. The van der Waals surface area contributed by atoms with Crippen molar-refractivity contribution < 1.29 is 41.0 Å². The van der Waals surface area contributed by atoms with Crippen molar-refractivity contribution in [2.45, 2.75) is 56.6 Å². The molecule has 0 fully saturated rings. The van der Waals surface area contributed by atoms with E-state index in [0.717, 1.165) is 18.0 Å². The standard InChI is InChI=1S/C25H28F6N2O3S/c1-24(2,23(34)35)14-36-20-12-21-19(11-18(20)25(29,30)31)33(16-9-7-15(26)8-10-16)13-17(32(3)37-21)5-4-6-22(27)28/h7-12,17,22H,4-6,13-14H2,1-3H3,(H,34,35). The quantitative estimate of drug-likeness (QED) is 0.263. The second-order valence-electron chi connectivity index (χ2n) is 9.49. The number of halogens is 6. The van der Waals surface area contributed by atoms with Crippen LogP contribution >= 0.6 is 11.9 Å². The molecule has 5 nitrogen and oxygen atoms in total. The number of benzene rings is 2. The van der Waals surface area contributed by atoms with Crippen molar-refractivity contribution >= 4 is 29.3 Å². The Morgan fingerprint density at radius 2 is 1.84 bits per heavy atom. The second kappa shape index (κ2) is 11.4. The summed E-state index contributed by atoms with van der Waals surface area (Å²) in [6.45, 7) is 2.36. The van der Waals surface area contributed by atoms with Crippen LogP contribution in [0.25, 0.3) is 0 Å². The number of anilines is 2. The van der Waals surface area contributed by atoms with E-state index in [9.17, 15) is 36.2 Å². The van der Waals surface area contributed by atoms with Crippen LogP contribution in [0.3, 0.4) is 0 Å². The maximum Gasteiger partial charge on any atom is 0.420 e. The number of hydrogen-bond acceptors (Lipinski definition) is 5. The SMILES string of the molecule is CN1Sc2cc(OCC(C)(C)C(=O)O)c(C(F)(F)F)cc2N(c2ccc(F)cc2)CC1CCCC(F)F. The molecule has 0 aromatic heterocycles. The maximum atomic E-state index is 14.1. The summed E-state index contributed by atoms with van der Waals surface area (Å²) in [7, 11) is 1.72.